The van der Waals surface area contributed by atoms with Crippen molar-refractivity contribution < 1.29 is 44.1 Å². The first-order valence-corrected chi connectivity index (χ1v) is 30.5. The van der Waals surface area contributed by atoms with E-state index in [9.17, 15) is 44.1 Å². The number of alkyl halides is 1. The number of nitrogens with zero attached hydrogens (tertiary/aromatic N) is 7. The molecule has 0 spiro atoms. The van der Waals surface area contributed by atoms with Crippen LogP contribution in [0.3, 0.4) is 0 Å². The van der Waals surface area contributed by atoms with Crippen molar-refractivity contribution >= 4 is 115 Å². The minimum atomic E-state index is -1.42. The Labute approximate surface area is 494 Å². The number of hydrogen-bond acceptors (Lipinski definition) is 22. The highest BCUT2D eigenvalue weighted by molar-refractivity contribution is 7.15. The molecule has 29 heteroatoms. The van der Waals surface area contributed by atoms with Crippen molar-refractivity contribution in [1.82, 2.24) is 56.2 Å². The number of nitrogens with two attached hydrogens (primary N) is 2. The number of aromatic nitrogens is 7. The maximum absolute atomic E-state index is 14.8. The van der Waals surface area contributed by atoms with Crippen LogP contribution in [-0.4, -0.2) is 104 Å². The zero-order chi connectivity index (χ0) is 57.9. The fraction of sp³-hybridized carbons (Fsp3) is 0.226. The SMILES string of the molecule is Cc1sc2nc1C(=O)N[C@@H]([C@@H](O)c1ccccc1)c1nc(cs1)C(=O)N[C@@H](Cc1ccc(O)cc1)C(=O)N[C@@H]([C@@H](C)[C@@H](O)CCl)c1nc(cs1)-c1nc(cs1)-c1nc(-c3nc(C(N)=O)cs3)ccc1-c1nc(cs1)C(=O)N[C@H]2CC(N)=O. The average molecular weight is 1240 g/mol. The lowest BCUT2D eigenvalue weighted by Crippen LogP contribution is -2.50. The molecule has 22 nitrogen and oxygen atoms in total. The second-order valence-electron chi connectivity index (χ2n) is 18.6. The molecular formula is C53H46ClN13O9S6. The van der Waals surface area contributed by atoms with Gasteiger partial charge in [0.2, 0.25) is 11.8 Å². The van der Waals surface area contributed by atoms with Crippen molar-refractivity contribution in [1.29, 1.82) is 0 Å². The molecule has 11 N–H and O–H groups in total. The van der Waals surface area contributed by atoms with Gasteiger partial charge in [0.25, 0.3) is 23.6 Å². The molecule has 0 fully saturated rings. The third-order valence-electron chi connectivity index (χ3n) is 13.0. The quantitative estimate of drug-likeness (QED) is 0.0595. The molecule has 82 heavy (non-hydrogen) atoms. The molecule has 420 valence electrons. The Bertz CT molecular complexity index is 3860. The number of carbonyl (C=O) groups is 6. The number of aryl methyl sites for hydroxylation is 1. The smallest absolute Gasteiger partial charge is 0.271 e. The van der Waals surface area contributed by atoms with Crippen molar-refractivity contribution in [3.63, 3.8) is 0 Å². The molecule has 0 radical (unpaired) electrons. The summed E-state index contributed by atoms with van der Waals surface area (Å²) in [6, 6.07) is 13.3. The first-order chi connectivity index (χ1) is 39.4. The number of nitrogens with one attached hydrogen (secondary N) is 4. The number of aliphatic hydroxyl groups is 2. The molecule has 1 aliphatic rings. The number of fused-ring (bicyclic) bond motifs is 14. The van der Waals surface area contributed by atoms with Crippen LogP contribution >= 0.6 is 79.6 Å². The van der Waals surface area contributed by atoms with E-state index < -0.39 is 84.2 Å². The molecule has 10 bridgehead atoms. The van der Waals surface area contributed by atoms with Gasteiger partial charge in [-0.15, -0.1) is 79.6 Å². The lowest BCUT2D eigenvalue weighted by atomic mass is 9.96. The standard InChI is InChI=1S/C53H46ClN13O9S6/c1-22(36(69)16-54)38-52-64-35(21-81-52)50-60-31(17-78-50)40-27(12-13-28(57-40)49-61-32(18-79-49)43(56)72)48-62-33(19-77-48)46(75)59-30(15-37(55)70)51-67-39(23(2)82-51)47(76)66-41(42(71)25-6-4-3-5-7-25)53-63-34(20-80-53)45(74)58-29(44(73)65-38)14-24-8-10-26(68)11-9-24/h3-13,17-22,29-30,36,38,41-42,68-69,71H,14-16H2,1-2H3,(H2,55,70)(H2,56,72)(H,58,74)(H,59,75)(H,65,73)(H,66,76)/t22-,29-,30-,36-,38-,41-,42-/m0/s1. The van der Waals surface area contributed by atoms with Crippen molar-refractivity contribution in [2.45, 2.75) is 63.1 Å². The van der Waals surface area contributed by atoms with Crippen LogP contribution < -0.4 is 32.7 Å². The summed E-state index contributed by atoms with van der Waals surface area (Å²) in [6.07, 6.45) is -3.03. The Balaban J connectivity index is 1.08. The fourth-order valence-electron chi connectivity index (χ4n) is 8.60. The molecule has 7 aromatic heterocycles. The number of primary amides is 2. The van der Waals surface area contributed by atoms with E-state index in [1.165, 1.54) is 50.9 Å². The predicted octanol–water partition coefficient (Wildman–Crippen LogP) is 6.90. The van der Waals surface area contributed by atoms with Crippen molar-refractivity contribution in [3.8, 4) is 49.1 Å². The largest absolute Gasteiger partial charge is 0.508 e. The molecule has 0 unspecified atom stereocenters. The predicted molar refractivity (Wildman–Crippen MR) is 312 cm³/mol. The number of pyridine rings is 1. The minimum Gasteiger partial charge on any atom is -0.508 e. The summed E-state index contributed by atoms with van der Waals surface area (Å²) < 4.78 is 0. The van der Waals surface area contributed by atoms with Gasteiger partial charge in [0.05, 0.1) is 30.3 Å². The van der Waals surface area contributed by atoms with Crippen LogP contribution in [0, 0.1) is 12.8 Å². The third kappa shape index (κ3) is 12.6. The highest BCUT2D eigenvalue weighted by atomic mass is 35.5. The molecule has 8 heterocycles. The average Bonchev–Trinajstić information content (AvgIpc) is 4.44. The maximum Gasteiger partial charge on any atom is 0.271 e. The number of rotatable bonds is 11. The summed E-state index contributed by atoms with van der Waals surface area (Å²) in [5.41, 5.74) is 14.0. The lowest BCUT2D eigenvalue weighted by molar-refractivity contribution is -0.124. The topological polar surface area (TPSA) is 353 Å². The van der Waals surface area contributed by atoms with E-state index in [2.05, 4.69) is 36.2 Å². The first kappa shape index (κ1) is 57.4. The van der Waals surface area contributed by atoms with Gasteiger partial charge in [-0.1, -0.05) is 49.4 Å². The molecular weight excluding hydrogens is 1190 g/mol. The number of benzene rings is 2. The van der Waals surface area contributed by atoms with E-state index in [0.29, 0.717) is 64.4 Å². The van der Waals surface area contributed by atoms with Crippen LogP contribution in [0.25, 0.3) is 43.4 Å². The number of amides is 6. The summed E-state index contributed by atoms with van der Waals surface area (Å²) in [5.74, 6) is -5.34. The van der Waals surface area contributed by atoms with Gasteiger partial charge in [-0.25, -0.2) is 34.9 Å². The van der Waals surface area contributed by atoms with Crippen molar-refractivity contribution in [2.75, 3.05) is 5.88 Å². The first-order valence-electron chi connectivity index (χ1n) is 24.7. The van der Waals surface area contributed by atoms with Crippen molar-refractivity contribution in [3.05, 3.63) is 147 Å². The minimum absolute atomic E-state index is 0.0195. The Kier molecular flexibility index (Phi) is 17.3. The molecule has 6 amide bonds. The summed E-state index contributed by atoms with van der Waals surface area (Å²) in [4.78, 5) is 116. The summed E-state index contributed by atoms with van der Waals surface area (Å²) in [5, 5.41) is 54.5. The summed E-state index contributed by atoms with van der Waals surface area (Å²) in [6.45, 7) is 3.32. The van der Waals surface area contributed by atoms with E-state index >= 15 is 0 Å². The normalized spacial score (nSPS) is 18.1. The molecule has 7 atom stereocenters. The number of aromatic hydroxyl groups is 1. The molecule has 0 aliphatic carbocycles. The second-order valence-corrected chi connectivity index (χ2v) is 24.5. The highest BCUT2D eigenvalue weighted by Gasteiger charge is 2.35. The van der Waals surface area contributed by atoms with Gasteiger partial charge in [0.1, 0.15) is 93.8 Å². The fourth-order valence-corrected chi connectivity index (χ4v) is 14.1. The van der Waals surface area contributed by atoms with E-state index in [1.807, 2.05) is 0 Å². The van der Waals surface area contributed by atoms with Crippen LogP contribution in [0.1, 0.15) is 111 Å². The van der Waals surface area contributed by atoms with Gasteiger partial charge in [-0.2, -0.15) is 0 Å². The van der Waals surface area contributed by atoms with Crippen LogP contribution in [0.5, 0.6) is 5.75 Å². The molecule has 0 saturated heterocycles. The van der Waals surface area contributed by atoms with Gasteiger partial charge in [-0.05, 0) is 42.3 Å². The monoisotopic (exact) mass is 1240 g/mol. The number of thiazole rings is 6. The van der Waals surface area contributed by atoms with E-state index in [0.717, 1.165) is 45.3 Å². The summed E-state index contributed by atoms with van der Waals surface area (Å²) in [7, 11) is 0. The molecule has 1 aliphatic heterocycles. The number of phenols is 1. The molecule has 9 aromatic rings. The molecule has 2 aromatic carbocycles. The molecule has 0 saturated carbocycles. The number of phenolic OH excluding ortho intramolecular Hbond substituents is 1. The van der Waals surface area contributed by atoms with Crippen LogP contribution in [0.4, 0.5) is 0 Å². The molecule has 10 rings (SSSR count). The van der Waals surface area contributed by atoms with Gasteiger partial charge in [-0.3, -0.25) is 28.8 Å². The Morgan fingerprint density at radius 1 is 0.622 bits per heavy atom. The van der Waals surface area contributed by atoms with Gasteiger partial charge in [0, 0.05) is 55.6 Å². The van der Waals surface area contributed by atoms with Crippen LogP contribution in [-0.2, 0) is 16.0 Å². The van der Waals surface area contributed by atoms with E-state index in [1.54, 1.807) is 79.2 Å². The number of carbonyl (C=O) groups excluding carboxylic acids is 6. The number of hydrogen-bond donors (Lipinski definition) is 9. The number of aliphatic hydroxyl groups excluding tert-OH is 2. The Morgan fingerprint density at radius 3 is 1.95 bits per heavy atom. The zero-order valence-corrected chi connectivity index (χ0v) is 48.5. The van der Waals surface area contributed by atoms with Crippen LogP contribution in [0.2, 0.25) is 0 Å². The zero-order valence-electron chi connectivity index (χ0n) is 42.8. The van der Waals surface area contributed by atoms with Crippen LogP contribution in [0.15, 0.2) is 93.6 Å². The van der Waals surface area contributed by atoms with Gasteiger partial charge < -0.3 is 48.1 Å². The Morgan fingerprint density at radius 2 is 1.24 bits per heavy atom. The van der Waals surface area contributed by atoms with Gasteiger partial charge >= 0.3 is 0 Å². The summed E-state index contributed by atoms with van der Waals surface area (Å²) >= 11 is 12.9. The van der Waals surface area contributed by atoms with Gasteiger partial charge in [0.15, 0.2) is 0 Å². The van der Waals surface area contributed by atoms with E-state index in [4.69, 9.17) is 43.0 Å². The maximum atomic E-state index is 14.8. The highest BCUT2D eigenvalue weighted by Crippen LogP contribution is 2.40. The lowest BCUT2D eigenvalue weighted by Gasteiger charge is -2.28. The Hall–Kier alpha value is -7.80. The van der Waals surface area contributed by atoms with E-state index in [-0.39, 0.29) is 50.8 Å². The second kappa shape index (κ2) is 24.7. The third-order valence-corrected chi connectivity index (χ3v) is 18.8. The van der Waals surface area contributed by atoms with Crippen molar-refractivity contribution in [2.24, 2.45) is 17.4 Å². The number of halogens is 1.